The first-order valence-corrected chi connectivity index (χ1v) is 7.19. The monoisotopic (exact) mass is 289 g/mol. The number of hydrogen-bond donors (Lipinski definition) is 1. The summed E-state index contributed by atoms with van der Waals surface area (Å²) in [4.78, 5) is 11.3. The van der Waals surface area contributed by atoms with Crippen LogP contribution < -0.4 is 0 Å². The van der Waals surface area contributed by atoms with Crippen molar-refractivity contribution in [3.05, 3.63) is 69.8 Å². The zero-order valence-corrected chi connectivity index (χ0v) is 11.8. The molecule has 0 fully saturated rings. The van der Waals surface area contributed by atoms with Gasteiger partial charge < -0.3 is 5.11 Å². The fourth-order valence-electron chi connectivity index (χ4n) is 1.79. The number of nitro groups is 1. The predicted octanol–water partition coefficient (Wildman–Crippen LogP) is 3.94. The molecule has 0 heterocycles. The van der Waals surface area contributed by atoms with Gasteiger partial charge in [0.05, 0.1) is 15.9 Å². The summed E-state index contributed by atoms with van der Waals surface area (Å²) in [7, 11) is 0. The Hall–Kier alpha value is -1.85. The Kier molecular flexibility index (Phi) is 4.76. The van der Waals surface area contributed by atoms with E-state index in [0.29, 0.717) is 16.2 Å². The predicted molar refractivity (Wildman–Crippen MR) is 79.7 cm³/mol. The molecule has 2 aromatic carbocycles. The van der Waals surface area contributed by atoms with Crippen molar-refractivity contribution in [2.45, 2.75) is 23.7 Å². The number of thioether (sulfide) groups is 1. The molecule has 0 aliphatic rings. The van der Waals surface area contributed by atoms with E-state index in [1.54, 1.807) is 19.1 Å². The zero-order valence-electron chi connectivity index (χ0n) is 11.0. The molecule has 0 spiro atoms. The molecular weight excluding hydrogens is 274 g/mol. The lowest BCUT2D eigenvalue weighted by atomic mass is 10.1. The van der Waals surface area contributed by atoms with Gasteiger partial charge in [0, 0.05) is 11.8 Å². The summed E-state index contributed by atoms with van der Waals surface area (Å²) in [5.74, 6) is 0.676. The summed E-state index contributed by atoms with van der Waals surface area (Å²) in [6, 6.07) is 14.7. The minimum atomic E-state index is -0.707. The third-order valence-electron chi connectivity index (χ3n) is 2.90. The molecule has 2 rings (SSSR count). The van der Waals surface area contributed by atoms with Crippen molar-refractivity contribution >= 4 is 17.4 Å². The average molecular weight is 289 g/mol. The Bertz CT molecular complexity index is 599. The molecule has 1 N–H and O–H groups in total. The highest BCUT2D eigenvalue weighted by atomic mass is 32.2. The molecule has 0 aliphatic carbocycles. The summed E-state index contributed by atoms with van der Waals surface area (Å²) in [5.41, 5.74) is 1.72. The largest absolute Gasteiger partial charge is 0.389 e. The van der Waals surface area contributed by atoms with Crippen LogP contribution in [0.1, 0.15) is 24.2 Å². The van der Waals surface area contributed by atoms with Crippen LogP contribution in [0.25, 0.3) is 0 Å². The summed E-state index contributed by atoms with van der Waals surface area (Å²) in [6.07, 6.45) is -0.707. The molecule has 0 saturated heterocycles. The van der Waals surface area contributed by atoms with Gasteiger partial charge in [-0.05, 0) is 24.1 Å². The summed E-state index contributed by atoms with van der Waals surface area (Å²) >= 11 is 1.43. The van der Waals surface area contributed by atoms with Gasteiger partial charge in [-0.3, -0.25) is 10.1 Å². The van der Waals surface area contributed by atoms with Crippen molar-refractivity contribution in [3.63, 3.8) is 0 Å². The van der Waals surface area contributed by atoms with Gasteiger partial charge in [-0.2, -0.15) is 0 Å². The van der Waals surface area contributed by atoms with Crippen LogP contribution in [0.5, 0.6) is 0 Å². The molecule has 0 aliphatic heterocycles. The van der Waals surface area contributed by atoms with Gasteiger partial charge in [-0.15, -0.1) is 11.8 Å². The molecule has 5 heteroatoms. The molecular formula is C15H15NO3S. The Labute approximate surface area is 121 Å². The van der Waals surface area contributed by atoms with Crippen molar-refractivity contribution in [2.24, 2.45) is 0 Å². The van der Waals surface area contributed by atoms with E-state index in [4.69, 9.17) is 0 Å². The van der Waals surface area contributed by atoms with Crippen LogP contribution in [0.15, 0.2) is 53.4 Å². The third-order valence-corrected chi connectivity index (χ3v) is 4.03. The van der Waals surface area contributed by atoms with Crippen molar-refractivity contribution in [1.82, 2.24) is 0 Å². The lowest BCUT2D eigenvalue weighted by Crippen LogP contribution is -1.96. The molecule has 1 atom stereocenters. The number of aliphatic hydroxyl groups excluding tert-OH is 1. The maximum absolute atomic E-state index is 11.1. The van der Waals surface area contributed by atoms with Crippen LogP contribution in [-0.4, -0.2) is 10.0 Å². The first kappa shape index (κ1) is 14.6. The first-order chi connectivity index (χ1) is 9.58. The van der Waals surface area contributed by atoms with Crippen LogP contribution in [0.3, 0.4) is 0 Å². The van der Waals surface area contributed by atoms with Gasteiger partial charge in [0.15, 0.2) is 0 Å². The van der Waals surface area contributed by atoms with E-state index in [1.165, 1.54) is 17.8 Å². The van der Waals surface area contributed by atoms with E-state index in [1.807, 2.05) is 30.3 Å². The Morgan fingerprint density at radius 3 is 2.55 bits per heavy atom. The molecule has 20 heavy (non-hydrogen) atoms. The summed E-state index contributed by atoms with van der Waals surface area (Å²) in [5, 5.41) is 20.6. The lowest BCUT2D eigenvalue weighted by Gasteiger charge is -2.07. The van der Waals surface area contributed by atoms with Gasteiger partial charge in [-0.1, -0.05) is 36.4 Å². The molecule has 0 amide bonds. The van der Waals surface area contributed by atoms with E-state index in [-0.39, 0.29) is 5.69 Å². The molecule has 4 nitrogen and oxygen atoms in total. The van der Waals surface area contributed by atoms with Crippen LogP contribution in [0.2, 0.25) is 0 Å². The first-order valence-electron chi connectivity index (χ1n) is 6.21. The maximum Gasteiger partial charge on any atom is 0.283 e. The molecule has 2 aromatic rings. The van der Waals surface area contributed by atoms with E-state index in [0.717, 1.165) is 5.56 Å². The molecule has 104 valence electrons. The Morgan fingerprint density at radius 1 is 1.25 bits per heavy atom. The van der Waals surface area contributed by atoms with Crippen molar-refractivity contribution in [3.8, 4) is 0 Å². The van der Waals surface area contributed by atoms with E-state index < -0.39 is 11.0 Å². The molecule has 0 saturated carbocycles. The standard InChI is InChI=1S/C15H15NO3S/c1-11(17)13-7-8-15(14(9-13)16(18)19)20-10-12-5-3-2-4-6-12/h2-9,11,17H,10H2,1H3. The smallest absolute Gasteiger partial charge is 0.283 e. The number of nitrogens with zero attached hydrogens (tertiary/aromatic N) is 1. The van der Waals surface area contributed by atoms with Crippen molar-refractivity contribution in [1.29, 1.82) is 0 Å². The number of hydrogen-bond acceptors (Lipinski definition) is 4. The minimum absolute atomic E-state index is 0.0457. The molecule has 0 bridgehead atoms. The normalized spacial score (nSPS) is 12.1. The Morgan fingerprint density at radius 2 is 1.95 bits per heavy atom. The quantitative estimate of drug-likeness (QED) is 0.514. The number of benzene rings is 2. The van der Waals surface area contributed by atoms with Gasteiger partial charge >= 0.3 is 0 Å². The van der Waals surface area contributed by atoms with Crippen LogP contribution in [0, 0.1) is 10.1 Å². The van der Waals surface area contributed by atoms with Gasteiger partial charge in [0.2, 0.25) is 0 Å². The molecule has 0 radical (unpaired) electrons. The van der Waals surface area contributed by atoms with E-state index in [9.17, 15) is 15.2 Å². The van der Waals surface area contributed by atoms with Gasteiger partial charge in [-0.25, -0.2) is 0 Å². The topological polar surface area (TPSA) is 63.4 Å². The number of rotatable bonds is 5. The van der Waals surface area contributed by atoms with Crippen LogP contribution in [-0.2, 0) is 5.75 Å². The average Bonchev–Trinajstić information content (AvgIpc) is 2.45. The SMILES string of the molecule is CC(O)c1ccc(SCc2ccccc2)c([N+](=O)[O-])c1. The molecule has 1 unspecified atom stereocenters. The maximum atomic E-state index is 11.1. The van der Waals surface area contributed by atoms with Crippen LogP contribution in [0.4, 0.5) is 5.69 Å². The van der Waals surface area contributed by atoms with E-state index >= 15 is 0 Å². The third kappa shape index (κ3) is 3.59. The summed E-state index contributed by atoms with van der Waals surface area (Å²) < 4.78 is 0. The Balaban J connectivity index is 2.21. The highest BCUT2D eigenvalue weighted by Gasteiger charge is 2.16. The second-order valence-electron chi connectivity index (χ2n) is 4.43. The fourth-order valence-corrected chi connectivity index (χ4v) is 2.75. The second-order valence-corrected chi connectivity index (χ2v) is 5.45. The summed E-state index contributed by atoms with van der Waals surface area (Å²) in [6.45, 7) is 1.59. The second kappa shape index (κ2) is 6.54. The molecule has 0 aromatic heterocycles. The minimum Gasteiger partial charge on any atom is -0.389 e. The fraction of sp³-hybridized carbons (Fsp3) is 0.200. The van der Waals surface area contributed by atoms with Gasteiger partial charge in [0.1, 0.15) is 0 Å². The highest BCUT2D eigenvalue weighted by Crippen LogP contribution is 2.33. The lowest BCUT2D eigenvalue weighted by molar-refractivity contribution is -0.387. The zero-order chi connectivity index (χ0) is 14.5. The van der Waals surface area contributed by atoms with Crippen molar-refractivity contribution in [2.75, 3.05) is 0 Å². The van der Waals surface area contributed by atoms with Crippen LogP contribution >= 0.6 is 11.8 Å². The highest BCUT2D eigenvalue weighted by molar-refractivity contribution is 7.98. The number of aliphatic hydroxyl groups is 1. The van der Waals surface area contributed by atoms with E-state index in [2.05, 4.69) is 0 Å². The van der Waals surface area contributed by atoms with Crippen molar-refractivity contribution < 1.29 is 10.0 Å². The number of nitro benzene ring substituents is 1. The van der Waals surface area contributed by atoms with Gasteiger partial charge in [0.25, 0.3) is 5.69 Å².